The number of carbonyl (C=O) groups is 3. The molecule has 2 N–H and O–H groups in total. The summed E-state index contributed by atoms with van der Waals surface area (Å²) in [5.74, 6) is -1.72. The highest BCUT2D eigenvalue weighted by molar-refractivity contribution is 9.10. The molecule has 0 spiro atoms. The summed E-state index contributed by atoms with van der Waals surface area (Å²) in [7, 11) is 0. The molecule has 0 fully saturated rings. The van der Waals surface area contributed by atoms with Gasteiger partial charge in [-0.25, -0.2) is 0 Å². The number of halogens is 2. The van der Waals surface area contributed by atoms with Crippen LogP contribution in [0.25, 0.3) is 0 Å². The molecule has 30 heavy (non-hydrogen) atoms. The molecule has 0 aliphatic heterocycles. The zero-order chi connectivity index (χ0) is 22.3. The van der Waals surface area contributed by atoms with Crippen LogP contribution in [-0.2, 0) is 19.1 Å². The second-order valence-corrected chi connectivity index (χ2v) is 7.33. The number of esters is 1. The molecule has 9 nitrogen and oxygen atoms in total. The number of hydrogen-bond acceptors (Lipinski definition) is 6. The molecular weight excluding hydrogens is 482 g/mol. The normalized spacial score (nSPS) is 10.2. The maximum absolute atomic E-state index is 11.9. The molecule has 158 valence electrons. The van der Waals surface area contributed by atoms with Gasteiger partial charge in [0, 0.05) is 34.4 Å². The second-order valence-electron chi connectivity index (χ2n) is 6.09. The summed E-state index contributed by atoms with van der Waals surface area (Å²) < 4.78 is 5.56. The summed E-state index contributed by atoms with van der Waals surface area (Å²) in [6.07, 6.45) is -0.395. The Bertz CT molecular complexity index is 981. The number of nitrogens with one attached hydrogen (secondary N) is 2. The van der Waals surface area contributed by atoms with E-state index in [0.717, 1.165) is 0 Å². The molecular formula is C19H17BrClN3O6. The van der Waals surface area contributed by atoms with Crippen LogP contribution in [0.3, 0.4) is 0 Å². The molecule has 2 amide bonds. The van der Waals surface area contributed by atoms with E-state index in [9.17, 15) is 24.5 Å². The van der Waals surface area contributed by atoms with Crippen molar-refractivity contribution in [2.24, 2.45) is 0 Å². The number of ether oxygens (including phenoxy) is 1. The molecule has 0 unspecified atom stereocenters. The Labute approximate surface area is 185 Å². The van der Waals surface area contributed by atoms with E-state index in [2.05, 4.69) is 26.6 Å². The number of rotatable bonds is 8. The second kappa shape index (κ2) is 10.7. The maximum Gasteiger partial charge on any atom is 0.306 e. The lowest BCUT2D eigenvalue weighted by atomic mass is 10.2. The Morgan fingerprint density at radius 2 is 1.73 bits per heavy atom. The van der Waals surface area contributed by atoms with Crippen molar-refractivity contribution in [2.45, 2.75) is 19.8 Å². The minimum absolute atomic E-state index is 0.101. The predicted molar refractivity (Wildman–Crippen MR) is 114 cm³/mol. The van der Waals surface area contributed by atoms with E-state index in [-0.39, 0.29) is 18.5 Å². The third-order valence-corrected chi connectivity index (χ3v) is 5.27. The number of carbonyl (C=O) groups excluding carboxylic acids is 3. The highest BCUT2D eigenvalue weighted by atomic mass is 79.9. The third-order valence-electron chi connectivity index (χ3n) is 3.90. The summed E-state index contributed by atoms with van der Waals surface area (Å²) in [4.78, 5) is 45.6. The van der Waals surface area contributed by atoms with E-state index in [4.69, 9.17) is 16.3 Å². The summed E-state index contributed by atoms with van der Waals surface area (Å²) >= 11 is 9.37. The van der Waals surface area contributed by atoms with Gasteiger partial charge in [0.2, 0.25) is 5.91 Å². The fraction of sp³-hybridized carbons (Fsp3) is 0.211. The van der Waals surface area contributed by atoms with Crippen molar-refractivity contribution in [3.8, 4) is 0 Å². The number of nitro benzene ring substituents is 1. The molecule has 0 atom stereocenters. The quantitative estimate of drug-likeness (QED) is 0.319. The van der Waals surface area contributed by atoms with E-state index >= 15 is 0 Å². The average Bonchev–Trinajstić information content (AvgIpc) is 2.71. The van der Waals surface area contributed by atoms with Gasteiger partial charge in [-0.15, -0.1) is 0 Å². The highest BCUT2D eigenvalue weighted by Crippen LogP contribution is 2.30. The minimum Gasteiger partial charge on any atom is -0.456 e. The molecule has 0 saturated carbocycles. The highest BCUT2D eigenvalue weighted by Gasteiger charge is 2.13. The van der Waals surface area contributed by atoms with Crippen molar-refractivity contribution < 1.29 is 24.0 Å². The lowest BCUT2D eigenvalue weighted by Crippen LogP contribution is -2.22. The van der Waals surface area contributed by atoms with Gasteiger partial charge in [-0.05, 0) is 52.7 Å². The first-order valence-electron chi connectivity index (χ1n) is 8.61. The molecule has 0 saturated heterocycles. The molecule has 2 rings (SSSR count). The Balaban J connectivity index is 1.74. The van der Waals surface area contributed by atoms with Crippen molar-refractivity contribution >= 4 is 62.4 Å². The van der Waals surface area contributed by atoms with Gasteiger partial charge in [0.25, 0.3) is 11.6 Å². The molecule has 0 aromatic heterocycles. The number of amides is 2. The minimum atomic E-state index is -0.713. The lowest BCUT2D eigenvalue weighted by Gasteiger charge is -2.11. The van der Waals surface area contributed by atoms with Gasteiger partial charge >= 0.3 is 5.97 Å². The van der Waals surface area contributed by atoms with E-state index in [1.54, 1.807) is 19.1 Å². The Morgan fingerprint density at radius 1 is 1.07 bits per heavy atom. The topological polar surface area (TPSA) is 128 Å². The predicted octanol–water partition coefficient (Wildman–Crippen LogP) is 4.22. The zero-order valence-corrected chi connectivity index (χ0v) is 18.1. The van der Waals surface area contributed by atoms with E-state index < -0.39 is 29.3 Å². The van der Waals surface area contributed by atoms with Crippen molar-refractivity contribution in [3.05, 3.63) is 61.6 Å². The molecule has 2 aromatic carbocycles. The molecule has 0 bridgehead atoms. The smallest absolute Gasteiger partial charge is 0.306 e. The van der Waals surface area contributed by atoms with Gasteiger partial charge in [-0.3, -0.25) is 24.5 Å². The van der Waals surface area contributed by atoms with Crippen LogP contribution in [0.5, 0.6) is 0 Å². The number of nitrogens with zero attached hydrogens (tertiary/aromatic N) is 1. The summed E-state index contributed by atoms with van der Waals surface area (Å²) in [5.41, 5.74) is 1.41. The van der Waals surface area contributed by atoms with E-state index in [1.807, 2.05) is 0 Å². The SMILES string of the molecule is Cc1c(NC(=O)COC(=O)CCC(=O)Nc2ccc([N+](=O)[O-])cc2)ccc(Br)c1Cl. The summed E-state index contributed by atoms with van der Waals surface area (Å²) in [6.45, 7) is 1.23. The lowest BCUT2D eigenvalue weighted by molar-refractivity contribution is -0.384. The first kappa shape index (κ1) is 23.3. The molecule has 11 heteroatoms. The van der Waals surface area contributed by atoms with Crippen molar-refractivity contribution in [2.75, 3.05) is 17.2 Å². The number of non-ortho nitro benzene ring substituents is 1. The van der Waals surface area contributed by atoms with Crippen LogP contribution in [-0.4, -0.2) is 29.3 Å². The number of hydrogen-bond donors (Lipinski definition) is 2. The molecule has 0 radical (unpaired) electrons. The maximum atomic E-state index is 11.9. The van der Waals surface area contributed by atoms with Crippen LogP contribution in [0.1, 0.15) is 18.4 Å². The number of nitro groups is 1. The van der Waals surface area contributed by atoms with Gasteiger partial charge < -0.3 is 15.4 Å². The molecule has 0 aliphatic rings. The van der Waals surface area contributed by atoms with Crippen LogP contribution in [0, 0.1) is 17.0 Å². The van der Waals surface area contributed by atoms with Crippen LogP contribution >= 0.6 is 27.5 Å². The molecule has 2 aromatic rings. The molecule has 0 aliphatic carbocycles. The third kappa shape index (κ3) is 6.82. The number of anilines is 2. The monoisotopic (exact) mass is 497 g/mol. The first-order valence-corrected chi connectivity index (χ1v) is 9.79. The standard InChI is InChI=1S/C19H17BrClN3O6/c1-11-15(7-6-14(20)19(11)21)23-17(26)10-30-18(27)9-8-16(25)22-12-2-4-13(5-3-12)24(28)29/h2-7H,8-10H2,1H3,(H,22,25)(H,23,26). The van der Waals surface area contributed by atoms with Gasteiger partial charge in [0.15, 0.2) is 6.61 Å². The fourth-order valence-corrected chi connectivity index (χ4v) is 2.89. The Morgan fingerprint density at radius 3 is 2.37 bits per heavy atom. The fourth-order valence-electron chi connectivity index (χ4n) is 2.30. The Hall–Kier alpha value is -2.98. The number of benzene rings is 2. The van der Waals surface area contributed by atoms with Crippen molar-refractivity contribution in [1.29, 1.82) is 0 Å². The van der Waals surface area contributed by atoms with E-state index in [1.165, 1.54) is 24.3 Å². The van der Waals surface area contributed by atoms with Gasteiger partial charge in [0.05, 0.1) is 16.4 Å². The summed E-state index contributed by atoms with van der Waals surface area (Å²) in [6, 6.07) is 8.61. The molecule has 0 heterocycles. The van der Waals surface area contributed by atoms with Crippen molar-refractivity contribution in [1.82, 2.24) is 0 Å². The van der Waals surface area contributed by atoms with Gasteiger partial charge in [-0.2, -0.15) is 0 Å². The zero-order valence-electron chi connectivity index (χ0n) is 15.7. The van der Waals surface area contributed by atoms with Gasteiger partial charge in [0.1, 0.15) is 0 Å². The van der Waals surface area contributed by atoms with Crippen LogP contribution < -0.4 is 10.6 Å². The first-order chi connectivity index (χ1) is 14.2. The largest absolute Gasteiger partial charge is 0.456 e. The van der Waals surface area contributed by atoms with Crippen molar-refractivity contribution in [3.63, 3.8) is 0 Å². The van der Waals surface area contributed by atoms with Gasteiger partial charge in [-0.1, -0.05) is 11.6 Å². The van der Waals surface area contributed by atoms with Crippen LogP contribution in [0.2, 0.25) is 5.02 Å². The summed E-state index contributed by atoms with van der Waals surface area (Å²) in [5, 5.41) is 16.2. The van der Waals surface area contributed by atoms with Crippen LogP contribution in [0.4, 0.5) is 17.1 Å². The van der Waals surface area contributed by atoms with Crippen LogP contribution in [0.15, 0.2) is 40.9 Å². The van der Waals surface area contributed by atoms with E-state index in [0.29, 0.717) is 26.4 Å². The average molecular weight is 499 g/mol. The Kier molecular flexibility index (Phi) is 8.31.